The van der Waals surface area contributed by atoms with Gasteiger partial charge in [0.2, 0.25) is 12.1 Å². The summed E-state index contributed by atoms with van der Waals surface area (Å²) in [7, 11) is 1.40. The van der Waals surface area contributed by atoms with Crippen molar-refractivity contribution in [2.75, 3.05) is 13.7 Å². The number of hydrogen-bond acceptors (Lipinski definition) is 6. The minimum Gasteiger partial charge on any atom is -0.496 e. The fourth-order valence-corrected chi connectivity index (χ4v) is 3.20. The maximum atomic E-state index is 14.0. The van der Waals surface area contributed by atoms with E-state index in [1.165, 1.54) is 13.3 Å². The lowest BCUT2D eigenvalue weighted by Gasteiger charge is -2.28. The van der Waals surface area contributed by atoms with Gasteiger partial charge in [-0.2, -0.15) is 0 Å². The smallest absolute Gasteiger partial charge is 0.258 e. The van der Waals surface area contributed by atoms with Gasteiger partial charge in [-0.15, -0.1) is 0 Å². The number of aromatic nitrogens is 1. The molecule has 144 valence electrons. The van der Waals surface area contributed by atoms with Crippen molar-refractivity contribution in [3.63, 3.8) is 0 Å². The van der Waals surface area contributed by atoms with Gasteiger partial charge in [0, 0.05) is 11.6 Å². The second kappa shape index (κ2) is 6.99. The molecule has 1 aromatic carbocycles. The van der Waals surface area contributed by atoms with Gasteiger partial charge in [-0.3, -0.25) is 9.59 Å². The molecule has 4 N–H and O–H groups in total. The number of fused-ring (bicyclic) bond motifs is 1. The van der Waals surface area contributed by atoms with Crippen molar-refractivity contribution in [2.45, 2.75) is 31.2 Å². The Hall–Kier alpha value is -2.94. The zero-order chi connectivity index (χ0) is 19.8. The van der Waals surface area contributed by atoms with Crippen LogP contribution in [0.25, 0.3) is 10.8 Å². The van der Waals surface area contributed by atoms with Gasteiger partial charge >= 0.3 is 0 Å². The van der Waals surface area contributed by atoms with Crippen molar-refractivity contribution in [3.05, 3.63) is 30.0 Å². The number of carbonyl (C=O) groups excluding carboxylic acids is 2. The van der Waals surface area contributed by atoms with Gasteiger partial charge in [-0.1, -0.05) is 6.92 Å². The van der Waals surface area contributed by atoms with Crippen molar-refractivity contribution in [1.82, 2.24) is 10.3 Å². The summed E-state index contributed by atoms with van der Waals surface area (Å²) in [5.41, 5.74) is 3.73. The van der Waals surface area contributed by atoms with Crippen molar-refractivity contribution in [3.8, 4) is 11.6 Å². The number of primary amides is 1. The first-order chi connectivity index (χ1) is 12.8. The summed E-state index contributed by atoms with van der Waals surface area (Å²) in [5, 5.41) is 14.0. The molecule has 1 aliphatic rings. The fraction of sp³-hybridized carbons (Fsp3) is 0.389. The molecule has 0 spiro atoms. The third kappa shape index (κ3) is 3.14. The summed E-state index contributed by atoms with van der Waals surface area (Å²) in [6.07, 6.45) is -0.499. The van der Waals surface area contributed by atoms with Crippen LogP contribution < -0.4 is 20.5 Å². The van der Waals surface area contributed by atoms with E-state index < -0.39 is 29.6 Å². The van der Waals surface area contributed by atoms with E-state index in [0.29, 0.717) is 10.8 Å². The molecule has 0 saturated carbocycles. The molecular weight excluding hydrogens is 357 g/mol. The lowest BCUT2D eigenvalue weighted by Crippen LogP contribution is -2.49. The standard InChI is InChI=1S/C18H20FN3O5/c1-3-18(25)13(22-16(24)14(18)19)8-27-17-10-7-12(26-2)11(15(20)23)6-9(10)4-5-21-17/h4-7,13-14,25H,3,8H2,1-2H3,(H2,20,23)(H,22,24)/t13-,14-,18-/m1/s1. The molecule has 2 aromatic rings. The Labute approximate surface area is 154 Å². The van der Waals surface area contributed by atoms with Crippen LogP contribution in [0.15, 0.2) is 24.4 Å². The van der Waals surface area contributed by atoms with Crippen LogP contribution >= 0.6 is 0 Å². The second-order valence-electron chi connectivity index (χ2n) is 6.33. The van der Waals surface area contributed by atoms with E-state index in [1.54, 1.807) is 25.1 Å². The molecule has 1 aromatic heterocycles. The lowest BCUT2D eigenvalue weighted by molar-refractivity contribution is -0.127. The Bertz CT molecular complexity index is 906. The molecular formula is C18H20FN3O5. The van der Waals surface area contributed by atoms with Gasteiger partial charge in [-0.05, 0) is 30.0 Å². The highest BCUT2D eigenvalue weighted by Gasteiger charge is 2.54. The zero-order valence-corrected chi connectivity index (χ0v) is 14.9. The number of amides is 2. The molecule has 9 heteroatoms. The van der Waals surface area contributed by atoms with Crippen LogP contribution in [0.4, 0.5) is 4.39 Å². The maximum absolute atomic E-state index is 14.0. The van der Waals surface area contributed by atoms with Crippen LogP contribution in [-0.4, -0.2) is 53.4 Å². The van der Waals surface area contributed by atoms with Crippen LogP contribution in [0.1, 0.15) is 23.7 Å². The summed E-state index contributed by atoms with van der Waals surface area (Å²) in [4.78, 5) is 27.3. The van der Waals surface area contributed by atoms with Crippen molar-refractivity contribution in [2.24, 2.45) is 5.73 Å². The van der Waals surface area contributed by atoms with Gasteiger partial charge in [-0.25, -0.2) is 9.37 Å². The number of aliphatic hydroxyl groups is 1. The zero-order valence-electron chi connectivity index (χ0n) is 14.9. The molecule has 2 heterocycles. The Morgan fingerprint density at radius 3 is 2.85 bits per heavy atom. The molecule has 1 aliphatic heterocycles. The number of nitrogens with one attached hydrogen (secondary N) is 1. The van der Waals surface area contributed by atoms with Gasteiger partial charge in [0.15, 0.2) is 0 Å². The largest absolute Gasteiger partial charge is 0.496 e. The van der Waals surface area contributed by atoms with Crippen LogP contribution in [0.2, 0.25) is 0 Å². The number of hydrogen-bond donors (Lipinski definition) is 3. The predicted octanol–water partition coefficient (Wildman–Crippen LogP) is 0.699. The van der Waals surface area contributed by atoms with E-state index in [-0.39, 0.29) is 30.2 Å². The molecule has 0 bridgehead atoms. The molecule has 0 unspecified atom stereocenters. The topological polar surface area (TPSA) is 124 Å². The molecule has 8 nitrogen and oxygen atoms in total. The summed E-state index contributed by atoms with van der Waals surface area (Å²) in [6, 6.07) is 3.87. The summed E-state index contributed by atoms with van der Waals surface area (Å²) in [6.45, 7) is 1.41. The number of ether oxygens (including phenoxy) is 2. The average Bonchev–Trinajstić information content (AvgIpc) is 2.89. The Kier molecular flexibility index (Phi) is 4.88. The van der Waals surface area contributed by atoms with Gasteiger partial charge in [0.1, 0.15) is 18.0 Å². The number of carbonyl (C=O) groups is 2. The molecule has 0 aliphatic carbocycles. The van der Waals surface area contributed by atoms with E-state index in [0.717, 1.165) is 0 Å². The normalized spacial score (nSPS) is 24.7. The van der Waals surface area contributed by atoms with Crippen LogP contribution in [0.5, 0.6) is 11.6 Å². The monoisotopic (exact) mass is 377 g/mol. The van der Waals surface area contributed by atoms with Gasteiger partial charge < -0.3 is 25.6 Å². The minimum atomic E-state index is -2.02. The molecule has 3 rings (SSSR count). The molecule has 2 amide bonds. The van der Waals surface area contributed by atoms with Crippen LogP contribution in [-0.2, 0) is 4.79 Å². The van der Waals surface area contributed by atoms with Gasteiger partial charge in [0.25, 0.3) is 11.8 Å². The summed E-state index contributed by atoms with van der Waals surface area (Å²) < 4.78 is 24.9. The van der Waals surface area contributed by atoms with Crippen LogP contribution in [0, 0.1) is 0 Å². The highest BCUT2D eigenvalue weighted by atomic mass is 19.1. The summed E-state index contributed by atoms with van der Waals surface area (Å²) in [5.74, 6) is -1.05. The summed E-state index contributed by atoms with van der Waals surface area (Å²) >= 11 is 0. The first-order valence-electron chi connectivity index (χ1n) is 8.38. The number of pyridine rings is 1. The maximum Gasteiger partial charge on any atom is 0.258 e. The van der Waals surface area contributed by atoms with Crippen molar-refractivity contribution >= 4 is 22.6 Å². The Balaban J connectivity index is 1.92. The first kappa shape index (κ1) is 18.8. The molecule has 1 saturated heterocycles. The molecule has 0 radical (unpaired) electrons. The van der Waals surface area contributed by atoms with Crippen molar-refractivity contribution in [1.29, 1.82) is 0 Å². The van der Waals surface area contributed by atoms with E-state index in [2.05, 4.69) is 10.3 Å². The Morgan fingerprint density at radius 2 is 2.22 bits per heavy atom. The third-order valence-electron chi connectivity index (χ3n) is 4.86. The quantitative estimate of drug-likeness (QED) is 0.681. The lowest BCUT2D eigenvalue weighted by atomic mass is 9.91. The van der Waals surface area contributed by atoms with E-state index >= 15 is 0 Å². The average molecular weight is 377 g/mol. The second-order valence-corrected chi connectivity index (χ2v) is 6.33. The molecule has 27 heavy (non-hydrogen) atoms. The first-order valence-corrected chi connectivity index (χ1v) is 8.38. The number of benzene rings is 1. The highest BCUT2D eigenvalue weighted by Crippen LogP contribution is 2.32. The number of methoxy groups -OCH3 is 1. The van der Waals surface area contributed by atoms with Gasteiger partial charge in [0.05, 0.1) is 18.7 Å². The number of rotatable bonds is 6. The van der Waals surface area contributed by atoms with E-state index in [4.69, 9.17) is 15.2 Å². The van der Waals surface area contributed by atoms with Crippen molar-refractivity contribution < 1.29 is 28.6 Å². The number of nitrogens with two attached hydrogens (primary N) is 1. The van der Waals surface area contributed by atoms with Crippen LogP contribution in [0.3, 0.4) is 0 Å². The number of alkyl halides is 1. The molecule has 1 fully saturated rings. The molecule has 3 atom stereocenters. The van der Waals surface area contributed by atoms with E-state index in [1.807, 2.05) is 0 Å². The Morgan fingerprint density at radius 1 is 1.48 bits per heavy atom. The minimum absolute atomic E-state index is 0.0414. The van der Waals surface area contributed by atoms with E-state index in [9.17, 15) is 19.1 Å². The third-order valence-corrected chi connectivity index (χ3v) is 4.86. The fourth-order valence-electron chi connectivity index (χ4n) is 3.20. The predicted molar refractivity (Wildman–Crippen MR) is 94.4 cm³/mol. The highest BCUT2D eigenvalue weighted by molar-refractivity contribution is 6.01. The number of halogens is 1. The number of nitrogens with zero attached hydrogens (tertiary/aromatic N) is 1. The SMILES string of the molecule is CC[C@]1(O)[C@H](F)C(=O)N[C@@H]1COc1nccc2cc(C(N)=O)c(OC)cc12.